The molecule has 0 aliphatic carbocycles. The van der Waals surface area contributed by atoms with Gasteiger partial charge >= 0.3 is 6.16 Å². The van der Waals surface area contributed by atoms with Gasteiger partial charge in [0.15, 0.2) is 0 Å². The molecule has 0 heterocycles. The maximum Gasteiger partial charge on any atom is 0.509 e. The molecule has 0 amide bonds. The van der Waals surface area contributed by atoms with Crippen LogP contribution in [0.5, 0.6) is 0 Å². The molecule has 4 heteroatoms. The van der Waals surface area contributed by atoms with Gasteiger partial charge in [-0.25, -0.2) is 4.79 Å². The van der Waals surface area contributed by atoms with Crippen molar-refractivity contribution in [1.82, 2.24) is 0 Å². The second-order valence-electron chi connectivity index (χ2n) is 3.74. The van der Waals surface area contributed by atoms with Crippen molar-refractivity contribution in [3.63, 3.8) is 0 Å². The van der Waals surface area contributed by atoms with Crippen LogP contribution in [0.25, 0.3) is 0 Å². The van der Waals surface area contributed by atoms with Gasteiger partial charge in [-0.1, -0.05) is 34.6 Å². The topological polar surface area (TPSA) is 35.5 Å². The highest BCUT2D eigenvalue weighted by atomic mass is 79.9. The van der Waals surface area contributed by atoms with Gasteiger partial charge in [-0.05, 0) is 37.6 Å². The summed E-state index contributed by atoms with van der Waals surface area (Å²) in [6, 6.07) is 7.48. The summed E-state index contributed by atoms with van der Waals surface area (Å²) in [6.07, 6.45) is 0.185. The minimum Gasteiger partial charge on any atom is -0.432 e. The van der Waals surface area contributed by atoms with Crippen LogP contribution in [0.1, 0.15) is 25.5 Å². The quantitative estimate of drug-likeness (QED) is 0.616. The number of rotatable bonds is 4. The highest BCUT2D eigenvalue weighted by molar-refractivity contribution is 9.10. The number of carbonyl (C=O) groups excluding carboxylic acids is 1. The van der Waals surface area contributed by atoms with Gasteiger partial charge in [0, 0.05) is 4.47 Å². The van der Waals surface area contributed by atoms with E-state index in [2.05, 4.69) is 22.5 Å². The summed E-state index contributed by atoms with van der Waals surface area (Å²) in [5, 5.41) is 0. The lowest BCUT2D eigenvalue weighted by Gasteiger charge is -2.15. The van der Waals surface area contributed by atoms with Crippen LogP contribution in [0.4, 0.5) is 4.79 Å². The molecule has 1 rings (SSSR count). The molecule has 1 aromatic carbocycles. The molecule has 0 N–H and O–H groups in total. The third-order valence-electron chi connectivity index (χ3n) is 1.97. The molecule has 1 aromatic rings. The predicted molar refractivity (Wildman–Crippen MR) is 69.8 cm³/mol. The van der Waals surface area contributed by atoms with Crippen LogP contribution >= 0.6 is 15.9 Å². The molecule has 0 saturated heterocycles. The zero-order valence-corrected chi connectivity index (χ0v) is 11.4. The lowest BCUT2D eigenvalue weighted by atomic mass is 10.1. The van der Waals surface area contributed by atoms with Crippen molar-refractivity contribution < 1.29 is 14.3 Å². The molecule has 0 fully saturated rings. The summed E-state index contributed by atoms with van der Waals surface area (Å²) in [7, 11) is 0. The maximum atomic E-state index is 11.4. The third-order valence-corrected chi connectivity index (χ3v) is 2.50. The van der Waals surface area contributed by atoms with E-state index in [1.165, 1.54) is 0 Å². The van der Waals surface area contributed by atoms with Gasteiger partial charge in [0.1, 0.15) is 6.10 Å². The molecule has 0 aliphatic rings. The maximum absolute atomic E-state index is 11.4. The Morgan fingerprint density at radius 1 is 1.29 bits per heavy atom. The van der Waals surface area contributed by atoms with Crippen molar-refractivity contribution in [2.75, 3.05) is 0 Å². The summed E-state index contributed by atoms with van der Waals surface area (Å²) in [5.41, 5.74) is 0.851. The van der Waals surface area contributed by atoms with Crippen molar-refractivity contribution in [3.05, 3.63) is 47.0 Å². The lowest BCUT2D eigenvalue weighted by Crippen LogP contribution is -2.15. The Balaban J connectivity index is 2.69. The Kier molecular flexibility index (Phi) is 5.22. The Morgan fingerprint density at radius 2 is 1.88 bits per heavy atom. The molecule has 0 aliphatic heterocycles. The van der Waals surface area contributed by atoms with Crippen LogP contribution in [0.2, 0.25) is 0 Å². The smallest absolute Gasteiger partial charge is 0.432 e. The average molecular weight is 299 g/mol. The van der Waals surface area contributed by atoms with Gasteiger partial charge in [-0.3, -0.25) is 0 Å². The normalized spacial score (nSPS) is 12.0. The number of hydrogen-bond acceptors (Lipinski definition) is 3. The molecule has 0 radical (unpaired) electrons. The van der Waals surface area contributed by atoms with Crippen molar-refractivity contribution >= 4 is 22.1 Å². The molecule has 17 heavy (non-hydrogen) atoms. The predicted octanol–water partition coefficient (Wildman–Crippen LogP) is 4.24. The second kappa shape index (κ2) is 6.45. The fraction of sp³-hybridized carbons (Fsp3) is 0.308. The number of ether oxygens (including phenoxy) is 2. The van der Waals surface area contributed by atoms with E-state index < -0.39 is 12.3 Å². The minimum absolute atomic E-state index is 0.196. The van der Waals surface area contributed by atoms with Gasteiger partial charge in [0.05, 0.1) is 6.10 Å². The summed E-state index contributed by atoms with van der Waals surface area (Å²) < 4.78 is 11.0. The van der Waals surface area contributed by atoms with E-state index in [0.29, 0.717) is 0 Å². The first-order valence-electron chi connectivity index (χ1n) is 5.28. The molecular formula is C13H15BrO3. The van der Waals surface area contributed by atoms with Crippen molar-refractivity contribution in [1.29, 1.82) is 0 Å². The van der Waals surface area contributed by atoms with E-state index in [1.54, 1.807) is 19.9 Å². The highest BCUT2D eigenvalue weighted by Gasteiger charge is 2.15. The summed E-state index contributed by atoms with van der Waals surface area (Å²) >= 11 is 3.34. The zero-order valence-electron chi connectivity index (χ0n) is 9.85. The van der Waals surface area contributed by atoms with Gasteiger partial charge < -0.3 is 9.47 Å². The largest absolute Gasteiger partial charge is 0.509 e. The van der Waals surface area contributed by atoms with Crippen LogP contribution < -0.4 is 0 Å². The number of carbonyl (C=O) groups is 1. The van der Waals surface area contributed by atoms with Gasteiger partial charge in [0.25, 0.3) is 0 Å². The molecule has 1 unspecified atom stereocenters. The van der Waals surface area contributed by atoms with E-state index in [-0.39, 0.29) is 6.10 Å². The van der Waals surface area contributed by atoms with Crippen LogP contribution in [0.15, 0.2) is 41.4 Å². The van der Waals surface area contributed by atoms with Crippen LogP contribution in [-0.4, -0.2) is 12.3 Å². The first kappa shape index (κ1) is 13.8. The fourth-order valence-electron chi connectivity index (χ4n) is 1.23. The zero-order chi connectivity index (χ0) is 12.8. The van der Waals surface area contributed by atoms with Crippen molar-refractivity contribution in [2.45, 2.75) is 26.1 Å². The molecule has 0 aromatic heterocycles. The second-order valence-corrected chi connectivity index (χ2v) is 4.66. The molecular weight excluding hydrogens is 284 g/mol. The van der Waals surface area contributed by atoms with E-state index in [9.17, 15) is 4.79 Å². The molecule has 0 spiro atoms. The van der Waals surface area contributed by atoms with Crippen molar-refractivity contribution in [2.24, 2.45) is 0 Å². The standard InChI is InChI=1S/C13H15BrO3/c1-4-12(17-13(15)16-9(2)3)10-5-7-11(14)8-6-10/h4-9,12H,1H2,2-3H3. The first-order valence-corrected chi connectivity index (χ1v) is 6.07. The van der Waals surface area contributed by atoms with E-state index in [1.807, 2.05) is 24.3 Å². The molecule has 1 atom stereocenters. The number of halogens is 1. The van der Waals surface area contributed by atoms with Gasteiger partial charge in [-0.2, -0.15) is 0 Å². The SMILES string of the molecule is C=CC(OC(=O)OC(C)C)c1ccc(Br)cc1. The molecule has 0 saturated carbocycles. The molecule has 3 nitrogen and oxygen atoms in total. The Labute approximate surface area is 110 Å². The van der Waals surface area contributed by atoms with E-state index >= 15 is 0 Å². The fourth-order valence-corrected chi connectivity index (χ4v) is 1.49. The van der Waals surface area contributed by atoms with E-state index in [4.69, 9.17) is 9.47 Å². The van der Waals surface area contributed by atoms with Crippen LogP contribution in [-0.2, 0) is 9.47 Å². The Hall–Kier alpha value is -1.29. The molecule has 0 bridgehead atoms. The summed E-state index contributed by atoms with van der Waals surface area (Å²) in [5.74, 6) is 0. The van der Waals surface area contributed by atoms with Gasteiger partial charge in [0.2, 0.25) is 0 Å². The van der Waals surface area contributed by atoms with Crippen LogP contribution in [0, 0.1) is 0 Å². The Bertz CT molecular complexity index is 384. The average Bonchev–Trinajstić information content (AvgIpc) is 2.26. The van der Waals surface area contributed by atoms with Crippen molar-refractivity contribution in [3.8, 4) is 0 Å². The summed E-state index contributed by atoms with van der Waals surface area (Å²) in [4.78, 5) is 11.4. The number of hydrogen-bond donors (Lipinski definition) is 0. The van der Waals surface area contributed by atoms with Gasteiger partial charge in [-0.15, -0.1) is 0 Å². The summed E-state index contributed by atoms with van der Waals surface area (Å²) in [6.45, 7) is 7.18. The van der Waals surface area contributed by atoms with E-state index in [0.717, 1.165) is 10.0 Å². The monoisotopic (exact) mass is 298 g/mol. The highest BCUT2D eigenvalue weighted by Crippen LogP contribution is 2.21. The molecule has 92 valence electrons. The first-order chi connectivity index (χ1) is 8.02. The lowest BCUT2D eigenvalue weighted by molar-refractivity contribution is 0.0185. The third kappa shape index (κ3) is 4.61. The Morgan fingerprint density at radius 3 is 2.35 bits per heavy atom. The number of benzene rings is 1. The van der Waals surface area contributed by atoms with Crippen LogP contribution in [0.3, 0.4) is 0 Å². The minimum atomic E-state index is -0.687.